The van der Waals surface area contributed by atoms with E-state index in [1.807, 2.05) is 0 Å². The molecule has 0 aromatic heterocycles. The van der Waals surface area contributed by atoms with Crippen molar-refractivity contribution in [1.82, 2.24) is 0 Å². The molecule has 0 amide bonds. The fourth-order valence-electron chi connectivity index (χ4n) is 2.29. The third-order valence-electron chi connectivity index (χ3n) is 3.39. The Labute approximate surface area is 87.7 Å². The highest BCUT2D eigenvalue weighted by molar-refractivity contribution is 5.86. The average Bonchev–Trinajstić information content (AvgIpc) is 2.07. The van der Waals surface area contributed by atoms with Crippen molar-refractivity contribution in [3.8, 4) is 0 Å². The SMILES string of the molecule is CO/N=C1\CC[C@H](C(C)(C)C)C[C@H]1C. The predicted molar refractivity (Wildman–Crippen MR) is 60.4 cm³/mol. The summed E-state index contributed by atoms with van der Waals surface area (Å²) in [7, 11) is 1.63. The largest absolute Gasteiger partial charge is 0.399 e. The summed E-state index contributed by atoms with van der Waals surface area (Å²) < 4.78 is 0. The molecule has 2 heteroatoms. The predicted octanol–water partition coefficient (Wildman–Crippen LogP) is 3.47. The van der Waals surface area contributed by atoms with Crippen LogP contribution >= 0.6 is 0 Å². The highest BCUT2D eigenvalue weighted by Crippen LogP contribution is 2.39. The van der Waals surface area contributed by atoms with E-state index in [-0.39, 0.29) is 0 Å². The first-order valence-electron chi connectivity index (χ1n) is 5.55. The summed E-state index contributed by atoms with van der Waals surface area (Å²) in [6.07, 6.45) is 3.62. The Morgan fingerprint density at radius 2 is 2.00 bits per heavy atom. The van der Waals surface area contributed by atoms with Gasteiger partial charge >= 0.3 is 0 Å². The van der Waals surface area contributed by atoms with Gasteiger partial charge in [0.05, 0.1) is 5.71 Å². The molecule has 0 aliphatic heterocycles. The van der Waals surface area contributed by atoms with Crippen LogP contribution in [0.15, 0.2) is 5.16 Å². The minimum absolute atomic E-state index is 0.437. The van der Waals surface area contributed by atoms with Crippen LogP contribution in [0.4, 0.5) is 0 Å². The summed E-state index contributed by atoms with van der Waals surface area (Å²) in [6.45, 7) is 9.27. The van der Waals surface area contributed by atoms with Gasteiger partial charge in [-0.3, -0.25) is 0 Å². The Morgan fingerprint density at radius 3 is 2.43 bits per heavy atom. The monoisotopic (exact) mass is 197 g/mol. The number of hydrogen-bond acceptors (Lipinski definition) is 2. The molecule has 1 aliphatic carbocycles. The Bertz CT molecular complexity index is 215. The van der Waals surface area contributed by atoms with Crippen molar-refractivity contribution in [2.75, 3.05) is 7.11 Å². The van der Waals surface area contributed by atoms with Crippen molar-refractivity contribution < 1.29 is 4.84 Å². The first-order chi connectivity index (χ1) is 6.45. The number of rotatable bonds is 1. The van der Waals surface area contributed by atoms with E-state index in [1.165, 1.54) is 18.6 Å². The van der Waals surface area contributed by atoms with Crippen LogP contribution in [-0.4, -0.2) is 12.8 Å². The van der Waals surface area contributed by atoms with Gasteiger partial charge in [0.25, 0.3) is 0 Å². The van der Waals surface area contributed by atoms with E-state index < -0.39 is 0 Å². The van der Waals surface area contributed by atoms with E-state index in [1.54, 1.807) is 7.11 Å². The van der Waals surface area contributed by atoms with Crippen molar-refractivity contribution in [2.45, 2.75) is 47.0 Å². The van der Waals surface area contributed by atoms with Crippen LogP contribution in [0.2, 0.25) is 0 Å². The standard InChI is InChI=1S/C12H23NO/c1-9-8-10(12(2,3)4)6-7-11(9)13-14-5/h9-10H,6-8H2,1-5H3/b13-11+/t9-,10+/m1/s1. The molecule has 2 atom stereocenters. The minimum Gasteiger partial charge on any atom is -0.399 e. The van der Waals surface area contributed by atoms with Gasteiger partial charge in [-0.15, -0.1) is 0 Å². The highest BCUT2D eigenvalue weighted by Gasteiger charge is 2.31. The van der Waals surface area contributed by atoms with Gasteiger partial charge in [-0.05, 0) is 36.5 Å². The molecule has 0 spiro atoms. The first kappa shape index (κ1) is 11.5. The zero-order valence-electron chi connectivity index (χ0n) is 10.1. The average molecular weight is 197 g/mol. The molecule has 0 aromatic rings. The van der Waals surface area contributed by atoms with E-state index in [2.05, 4.69) is 32.9 Å². The maximum atomic E-state index is 4.86. The molecular formula is C12H23NO. The molecule has 82 valence electrons. The number of hydrogen-bond donors (Lipinski definition) is 0. The molecular weight excluding hydrogens is 174 g/mol. The lowest BCUT2D eigenvalue weighted by molar-refractivity contribution is 0.177. The van der Waals surface area contributed by atoms with Crippen molar-refractivity contribution >= 4 is 5.71 Å². The Kier molecular flexibility index (Phi) is 3.57. The van der Waals surface area contributed by atoms with Crippen LogP contribution in [0.1, 0.15) is 47.0 Å². The van der Waals surface area contributed by atoms with Crippen LogP contribution in [-0.2, 0) is 4.84 Å². The minimum atomic E-state index is 0.437. The summed E-state index contributed by atoms with van der Waals surface area (Å²) in [5.41, 5.74) is 1.68. The zero-order chi connectivity index (χ0) is 10.8. The lowest BCUT2D eigenvalue weighted by Gasteiger charge is -2.36. The van der Waals surface area contributed by atoms with Gasteiger partial charge in [0.1, 0.15) is 7.11 Å². The normalized spacial score (nSPS) is 31.9. The van der Waals surface area contributed by atoms with Gasteiger partial charge in [0.15, 0.2) is 0 Å². The summed E-state index contributed by atoms with van der Waals surface area (Å²) >= 11 is 0. The van der Waals surface area contributed by atoms with Crippen LogP contribution < -0.4 is 0 Å². The second-order valence-electron chi connectivity index (χ2n) is 5.50. The van der Waals surface area contributed by atoms with Gasteiger partial charge in [0, 0.05) is 0 Å². The fourth-order valence-corrected chi connectivity index (χ4v) is 2.29. The Hall–Kier alpha value is -0.530. The van der Waals surface area contributed by atoms with Gasteiger partial charge in [0.2, 0.25) is 0 Å². The van der Waals surface area contributed by atoms with Crippen molar-refractivity contribution in [3.63, 3.8) is 0 Å². The summed E-state index contributed by atoms with van der Waals surface area (Å²) in [5, 5.41) is 4.10. The second-order valence-corrected chi connectivity index (χ2v) is 5.50. The smallest absolute Gasteiger partial charge is 0.106 e. The highest BCUT2D eigenvalue weighted by atomic mass is 16.6. The molecule has 0 bridgehead atoms. The molecule has 0 heterocycles. The quantitative estimate of drug-likeness (QED) is 0.590. The van der Waals surface area contributed by atoms with Gasteiger partial charge < -0.3 is 4.84 Å². The zero-order valence-corrected chi connectivity index (χ0v) is 10.1. The lowest BCUT2D eigenvalue weighted by atomic mass is 9.69. The third kappa shape index (κ3) is 2.73. The number of oxime groups is 1. The summed E-state index contributed by atoms with van der Waals surface area (Å²) in [5.74, 6) is 1.42. The van der Waals surface area contributed by atoms with Crippen molar-refractivity contribution in [3.05, 3.63) is 0 Å². The third-order valence-corrected chi connectivity index (χ3v) is 3.39. The first-order valence-corrected chi connectivity index (χ1v) is 5.55. The van der Waals surface area contributed by atoms with E-state index >= 15 is 0 Å². The summed E-state index contributed by atoms with van der Waals surface area (Å²) in [6, 6.07) is 0. The van der Waals surface area contributed by atoms with E-state index in [0.717, 1.165) is 12.3 Å². The van der Waals surface area contributed by atoms with E-state index in [4.69, 9.17) is 4.84 Å². The molecule has 2 nitrogen and oxygen atoms in total. The molecule has 0 N–H and O–H groups in total. The Balaban J connectivity index is 2.60. The molecule has 0 unspecified atom stereocenters. The van der Waals surface area contributed by atoms with Crippen molar-refractivity contribution in [2.24, 2.45) is 22.4 Å². The number of nitrogens with zero attached hydrogens (tertiary/aromatic N) is 1. The van der Waals surface area contributed by atoms with Gasteiger partial charge in [-0.25, -0.2) is 0 Å². The maximum Gasteiger partial charge on any atom is 0.106 e. The van der Waals surface area contributed by atoms with Crippen LogP contribution in [0.3, 0.4) is 0 Å². The topological polar surface area (TPSA) is 21.6 Å². The van der Waals surface area contributed by atoms with Gasteiger partial charge in [-0.1, -0.05) is 32.9 Å². The Morgan fingerprint density at radius 1 is 1.36 bits per heavy atom. The molecule has 14 heavy (non-hydrogen) atoms. The van der Waals surface area contributed by atoms with Crippen LogP contribution in [0, 0.1) is 17.3 Å². The summed E-state index contributed by atoms with van der Waals surface area (Å²) in [4.78, 5) is 4.86. The van der Waals surface area contributed by atoms with Crippen molar-refractivity contribution in [1.29, 1.82) is 0 Å². The van der Waals surface area contributed by atoms with Gasteiger partial charge in [-0.2, -0.15) is 0 Å². The van der Waals surface area contributed by atoms with Crippen LogP contribution in [0.25, 0.3) is 0 Å². The molecule has 1 aliphatic rings. The molecule has 0 radical (unpaired) electrons. The fraction of sp³-hybridized carbons (Fsp3) is 0.917. The molecule has 0 saturated heterocycles. The molecule has 0 aromatic carbocycles. The second kappa shape index (κ2) is 4.33. The molecule has 1 fully saturated rings. The van der Waals surface area contributed by atoms with E-state index in [9.17, 15) is 0 Å². The molecule has 1 saturated carbocycles. The van der Waals surface area contributed by atoms with E-state index in [0.29, 0.717) is 11.3 Å². The molecule has 1 rings (SSSR count). The lowest BCUT2D eigenvalue weighted by Crippen LogP contribution is -2.30. The van der Waals surface area contributed by atoms with Crippen LogP contribution in [0.5, 0.6) is 0 Å². The maximum absolute atomic E-state index is 4.86.